The molecule has 1 aliphatic heterocycles. The number of non-ortho nitro benzene ring substituents is 1. The number of nitrogens with zero attached hydrogens (tertiary/aromatic N) is 2. The molecule has 0 N–H and O–H groups in total. The van der Waals surface area contributed by atoms with Gasteiger partial charge < -0.3 is 9.64 Å². The first kappa shape index (κ1) is 18.3. The van der Waals surface area contributed by atoms with Gasteiger partial charge in [-0.05, 0) is 12.1 Å². The average Bonchev–Trinajstić information content (AvgIpc) is 2.87. The van der Waals surface area contributed by atoms with Crippen molar-refractivity contribution in [1.29, 1.82) is 0 Å². The smallest absolute Gasteiger partial charge is 0.269 e. The lowest BCUT2D eigenvalue weighted by Crippen LogP contribution is -2.25. The fourth-order valence-corrected chi connectivity index (χ4v) is 2.76. The van der Waals surface area contributed by atoms with E-state index in [4.69, 9.17) is 4.74 Å². The second-order valence-corrected chi connectivity index (χ2v) is 7.09. The van der Waals surface area contributed by atoms with Crippen molar-refractivity contribution in [2.75, 3.05) is 37.5 Å². The Bertz CT molecular complexity index is 702. The maximum atomic E-state index is 12.1. The van der Waals surface area contributed by atoms with Crippen LogP contribution in [0.3, 0.4) is 0 Å². The molecule has 1 amide bonds. The quantitative estimate of drug-likeness (QED) is 0.294. The third-order valence-electron chi connectivity index (χ3n) is 3.46. The first-order valence-electron chi connectivity index (χ1n) is 7.23. The third-order valence-corrected chi connectivity index (χ3v) is 4.05. The maximum Gasteiger partial charge on any atom is 0.269 e. The van der Waals surface area contributed by atoms with Crippen LogP contribution in [0.5, 0.6) is 0 Å². The average molecular weight is 358 g/mol. The Labute approximate surface area is 139 Å². The topological polar surface area (TPSA) is 116 Å². The zero-order valence-electron chi connectivity index (χ0n) is 13.1. The van der Waals surface area contributed by atoms with Crippen LogP contribution in [0.25, 0.3) is 0 Å². The fraction of sp³-hybridized carbons (Fsp3) is 0.500. The van der Waals surface area contributed by atoms with Crippen molar-refractivity contribution in [3.63, 3.8) is 0 Å². The molecule has 9 nitrogen and oxygen atoms in total. The highest BCUT2D eigenvalue weighted by molar-refractivity contribution is 7.85. The normalized spacial score (nSPS) is 18.1. The fourth-order valence-electron chi connectivity index (χ4n) is 2.39. The molecule has 1 unspecified atom stereocenters. The van der Waals surface area contributed by atoms with Crippen molar-refractivity contribution in [1.82, 2.24) is 0 Å². The first-order valence-corrected chi connectivity index (χ1v) is 9.05. The number of amides is 1. The molecule has 1 fully saturated rings. The van der Waals surface area contributed by atoms with Gasteiger partial charge in [0.15, 0.2) is 0 Å². The Kier molecular flexibility index (Phi) is 5.86. The second kappa shape index (κ2) is 7.69. The molecule has 0 aromatic heterocycles. The summed E-state index contributed by atoms with van der Waals surface area (Å²) in [6.07, 6.45) is 1.27. The molecule has 1 aromatic rings. The van der Waals surface area contributed by atoms with Crippen LogP contribution in [-0.4, -0.2) is 51.9 Å². The summed E-state index contributed by atoms with van der Waals surface area (Å²) in [4.78, 5) is 23.8. The number of rotatable bonds is 8. The third kappa shape index (κ3) is 5.25. The van der Waals surface area contributed by atoms with Crippen LogP contribution >= 0.6 is 0 Å². The van der Waals surface area contributed by atoms with E-state index >= 15 is 0 Å². The van der Waals surface area contributed by atoms with Gasteiger partial charge in [-0.15, -0.1) is 0 Å². The van der Waals surface area contributed by atoms with Crippen molar-refractivity contribution < 1.29 is 27.1 Å². The summed E-state index contributed by atoms with van der Waals surface area (Å²) in [5, 5.41) is 10.6. The molecule has 0 aliphatic carbocycles. The molecule has 1 atom stereocenters. The number of nitro groups is 1. The number of carbonyl (C=O) groups excluding carboxylic acids is 1. The SMILES string of the molecule is CS(=O)(=O)OCCOCC1CC(=O)N(c2ccc([N+](=O)[O-])cc2)C1. The number of carbonyl (C=O) groups is 1. The molecule has 0 saturated carbocycles. The number of anilines is 1. The van der Waals surface area contributed by atoms with Crippen molar-refractivity contribution in [2.24, 2.45) is 5.92 Å². The second-order valence-electron chi connectivity index (χ2n) is 5.45. The summed E-state index contributed by atoms with van der Waals surface area (Å²) in [6, 6.07) is 5.79. The van der Waals surface area contributed by atoms with Crippen LogP contribution in [0.4, 0.5) is 11.4 Å². The van der Waals surface area contributed by atoms with Crippen molar-refractivity contribution in [3.8, 4) is 0 Å². The number of hydrogen-bond donors (Lipinski definition) is 0. The Morgan fingerprint density at radius 1 is 1.29 bits per heavy atom. The first-order chi connectivity index (χ1) is 11.3. The molecular formula is C14H18N2O7S. The summed E-state index contributed by atoms with van der Waals surface area (Å²) >= 11 is 0. The zero-order chi connectivity index (χ0) is 17.7. The van der Waals surface area contributed by atoms with Crippen LogP contribution in [-0.2, 0) is 23.8 Å². The minimum absolute atomic E-state index is 0.0223. The molecule has 0 radical (unpaired) electrons. The van der Waals surface area contributed by atoms with E-state index in [1.54, 1.807) is 17.0 Å². The zero-order valence-corrected chi connectivity index (χ0v) is 13.9. The van der Waals surface area contributed by atoms with E-state index < -0.39 is 15.0 Å². The molecule has 0 spiro atoms. The van der Waals surface area contributed by atoms with Crippen LogP contribution in [0.15, 0.2) is 24.3 Å². The Morgan fingerprint density at radius 3 is 2.54 bits per heavy atom. The van der Waals surface area contributed by atoms with Gasteiger partial charge in [0.1, 0.15) is 0 Å². The van der Waals surface area contributed by atoms with E-state index in [2.05, 4.69) is 4.18 Å². The van der Waals surface area contributed by atoms with Gasteiger partial charge in [0.25, 0.3) is 15.8 Å². The van der Waals surface area contributed by atoms with Crippen LogP contribution in [0.1, 0.15) is 6.42 Å². The molecule has 2 rings (SSSR count). The summed E-state index contributed by atoms with van der Waals surface area (Å²) in [7, 11) is -3.48. The standard InChI is InChI=1S/C14H18N2O7S/c1-24(20,21)23-7-6-22-10-11-8-14(17)15(9-11)12-2-4-13(5-3-12)16(18)19/h2-5,11H,6-10H2,1H3. The van der Waals surface area contributed by atoms with Crippen LogP contribution in [0, 0.1) is 16.0 Å². The lowest BCUT2D eigenvalue weighted by molar-refractivity contribution is -0.384. The van der Waals surface area contributed by atoms with Gasteiger partial charge in [0.2, 0.25) is 5.91 Å². The highest BCUT2D eigenvalue weighted by Gasteiger charge is 2.30. The number of ether oxygens (including phenoxy) is 1. The van der Waals surface area contributed by atoms with Gasteiger partial charge in [-0.25, -0.2) is 0 Å². The summed E-state index contributed by atoms with van der Waals surface area (Å²) < 4.78 is 31.5. The van der Waals surface area contributed by atoms with Crippen molar-refractivity contribution in [2.45, 2.75) is 6.42 Å². The molecule has 1 aromatic carbocycles. The van der Waals surface area contributed by atoms with Gasteiger partial charge >= 0.3 is 0 Å². The van der Waals surface area contributed by atoms with Gasteiger partial charge in [-0.1, -0.05) is 0 Å². The Hall–Kier alpha value is -2.04. The highest BCUT2D eigenvalue weighted by atomic mass is 32.2. The number of hydrogen-bond acceptors (Lipinski definition) is 7. The van der Waals surface area contributed by atoms with Crippen molar-refractivity contribution >= 4 is 27.4 Å². The molecule has 132 valence electrons. The Morgan fingerprint density at radius 2 is 1.96 bits per heavy atom. The minimum Gasteiger partial charge on any atom is -0.379 e. The summed E-state index contributed by atoms with van der Waals surface area (Å²) in [6.45, 7) is 0.812. The van der Waals surface area contributed by atoms with E-state index in [9.17, 15) is 23.3 Å². The van der Waals surface area contributed by atoms with E-state index in [1.165, 1.54) is 12.1 Å². The van der Waals surface area contributed by atoms with Crippen LogP contribution < -0.4 is 4.90 Å². The number of nitro benzene ring substituents is 1. The summed E-state index contributed by atoms with van der Waals surface area (Å²) in [5.74, 6) is -0.101. The maximum absolute atomic E-state index is 12.1. The Balaban J connectivity index is 1.81. The molecule has 0 bridgehead atoms. The van der Waals surface area contributed by atoms with E-state index in [0.717, 1.165) is 6.26 Å². The molecule has 1 aliphatic rings. The van der Waals surface area contributed by atoms with Gasteiger partial charge in [-0.2, -0.15) is 8.42 Å². The molecule has 1 heterocycles. The van der Waals surface area contributed by atoms with E-state index in [-0.39, 0.29) is 30.7 Å². The summed E-state index contributed by atoms with van der Waals surface area (Å²) in [5.41, 5.74) is 0.574. The van der Waals surface area contributed by atoms with Gasteiger partial charge in [0, 0.05) is 36.7 Å². The molecule has 24 heavy (non-hydrogen) atoms. The predicted molar refractivity (Wildman–Crippen MR) is 85.2 cm³/mol. The largest absolute Gasteiger partial charge is 0.379 e. The van der Waals surface area contributed by atoms with Crippen LogP contribution in [0.2, 0.25) is 0 Å². The van der Waals surface area contributed by atoms with Gasteiger partial charge in [0.05, 0.1) is 31.0 Å². The molecular weight excluding hydrogens is 340 g/mol. The highest BCUT2D eigenvalue weighted by Crippen LogP contribution is 2.26. The van der Waals surface area contributed by atoms with E-state index in [1.807, 2.05) is 0 Å². The lowest BCUT2D eigenvalue weighted by atomic mass is 10.1. The molecule has 10 heteroatoms. The van der Waals surface area contributed by atoms with Crippen molar-refractivity contribution in [3.05, 3.63) is 34.4 Å². The van der Waals surface area contributed by atoms with Gasteiger partial charge in [-0.3, -0.25) is 19.1 Å². The minimum atomic E-state index is -3.48. The molecule has 1 saturated heterocycles. The van der Waals surface area contributed by atoms with E-state index in [0.29, 0.717) is 25.3 Å². The number of benzene rings is 1. The lowest BCUT2D eigenvalue weighted by Gasteiger charge is -2.16. The monoisotopic (exact) mass is 358 g/mol. The predicted octanol–water partition coefficient (Wildman–Crippen LogP) is 0.940.